The van der Waals surface area contributed by atoms with Crippen LogP contribution in [-0.4, -0.2) is 86.1 Å². The van der Waals surface area contributed by atoms with Crippen LogP contribution >= 0.6 is 11.6 Å². The minimum absolute atomic E-state index is 0.130. The fourth-order valence-corrected chi connectivity index (χ4v) is 5.88. The fourth-order valence-electron chi connectivity index (χ4n) is 5.61. The van der Waals surface area contributed by atoms with Crippen molar-refractivity contribution in [2.24, 2.45) is 0 Å². The zero-order chi connectivity index (χ0) is 28.0. The van der Waals surface area contributed by atoms with Crippen LogP contribution in [-0.2, 0) is 4.79 Å². The average Bonchev–Trinajstić information content (AvgIpc) is 3.44. The molecule has 0 radical (unpaired) electrons. The van der Waals surface area contributed by atoms with Crippen LogP contribution in [0.4, 0.5) is 23.3 Å². The summed E-state index contributed by atoms with van der Waals surface area (Å²) in [6.45, 7) is 7.77. The molecule has 1 unspecified atom stereocenters. The second kappa shape index (κ2) is 10.5. The van der Waals surface area contributed by atoms with Crippen molar-refractivity contribution in [3.8, 4) is 12.1 Å². The number of carbonyl (C=O) groups excluding carboxylic acids is 1. The first-order valence-electron chi connectivity index (χ1n) is 13.5. The van der Waals surface area contributed by atoms with Gasteiger partial charge in [0.1, 0.15) is 11.6 Å². The Labute approximate surface area is 237 Å². The van der Waals surface area contributed by atoms with E-state index in [2.05, 4.69) is 54.6 Å². The van der Waals surface area contributed by atoms with Gasteiger partial charge in [0.2, 0.25) is 17.8 Å². The lowest BCUT2D eigenvalue weighted by Crippen LogP contribution is -2.55. The topological polar surface area (TPSA) is 142 Å². The molecule has 1 aromatic carbocycles. The summed E-state index contributed by atoms with van der Waals surface area (Å²) >= 11 is 6.98. The number of anilines is 4. The third-order valence-electron chi connectivity index (χ3n) is 7.92. The molecule has 12 nitrogen and oxygen atoms in total. The van der Waals surface area contributed by atoms with Crippen LogP contribution in [0.3, 0.4) is 0 Å². The van der Waals surface area contributed by atoms with E-state index < -0.39 is 0 Å². The fraction of sp³-hybridized carbons (Fsp3) is 0.481. The maximum Gasteiger partial charge on any atom is 0.232 e. The van der Waals surface area contributed by atoms with Crippen LogP contribution in [0.5, 0.6) is 0 Å². The molecule has 1 amide bonds. The molecule has 2 aromatic heterocycles. The molecule has 3 aliphatic rings. The van der Waals surface area contributed by atoms with Crippen molar-refractivity contribution >= 4 is 46.4 Å². The van der Waals surface area contributed by atoms with Crippen molar-refractivity contribution in [2.45, 2.75) is 51.2 Å². The number of fused-ring (bicyclic) bond motifs is 1. The molecule has 6 rings (SSSR count). The Morgan fingerprint density at radius 1 is 1.10 bits per heavy atom. The number of likely N-dealkylation sites (tertiary alicyclic amines) is 1. The monoisotopic (exact) mass is 559 g/mol. The van der Waals surface area contributed by atoms with Crippen molar-refractivity contribution in [1.29, 1.82) is 10.5 Å². The summed E-state index contributed by atoms with van der Waals surface area (Å²) in [5.74, 6) is 0.874. The predicted molar refractivity (Wildman–Crippen MR) is 151 cm³/mol. The van der Waals surface area contributed by atoms with Crippen LogP contribution in [0.2, 0.25) is 5.02 Å². The van der Waals surface area contributed by atoms with Gasteiger partial charge in [0.25, 0.3) is 0 Å². The third kappa shape index (κ3) is 4.96. The summed E-state index contributed by atoms with van der Waals surface area (Å²) in [6, 6.07) is 8.70. The number of benzene rings is 1. The summed E-state index contributed by atoms with van der Waals surface area (Å²) in [7, 11) is 0. The van der Waals surface area contributed by atoms with Crippen LogP contribution in [0, 0.1) is 22.7 Å². The number of aromatic nitrogens is 4. The maximum absolute atomic E-state index is 11.8. The van der Waals surface area contributed by atoms with E-state index in [0.29, 0.717) is 45.5 Å². The number of nitrogens with one attached hydrogen (secondary N) is 2. The van der Waals surface area contributed by atoms with Gasteiger partial charge in [-0.25, -0.2) is 0 Å². The molecule has 1 saturated carbocycles. The van der Waals surface area contributed by atoms with E-state index in [-0.39, 0.29) is 17.9 Å². The number of rotatable bonds is 6. The standard InChI is InChI=1S/C27H30ClN11O/c1-16-14-37(21-5-6-36(15-21)17(2)40)7-8-38(16)23-10-18(11-29)9-22(24(23)28)33-26-34-25-19(12-30)13-31-39(25)27(35-26)32-20-3-4-20/h9-10,13,16,20-21H,3-8,14-15H2,1-2H3,(H2,32,33,34,35)/t16-,21?/m0/s1. The number of amides is 1. The highest BCUT2D eigenvalue weighted by Crippen LogP contribution is 2.38. The van der Waals surface area contributed by atoms with E-state index in [9.17, 15) is 15.3 Å². The third-order valence-corrected chi connectivity index (χ3v) is 8.32. The first-order chi connectivity index (χ1) is 19.3. The number of piperazine rings is 1. The van der Waals surface area contributed by atoms with Gasteiger partial charge in [-0.15, -0.1) is 0 Å². The van der Waals surface area contributed by atoms with Gasteiger partial charge in [-0.1, -0.05) is 11.6 Å². The van der Waals surface area contributed by atoms with Gasteiger partial charge < -0.3 is 20.4 Å². The molecular weight excluding hydrogens is 530 g/mol. The minimum atomic E-state index is 0.130. The highest BCUT2D eigenvalue weighted by Gasteiger charge is 2.34. The number of nitriles is 2. The summed E-state index contributed by atoms with van der Waals surface area (Å²) in [5.41, 5.74) is 2.46. The van der Waals surface area contributed by atoms with Gasteiger partial charge in [0.15, 0.2) is 5.65 Å². The molecule has 2 saturated heterocycles. The second-order valence-electron chi connectivity index (χ2n) is 10.7. The van der Waals surface area contributed by atoms with Gasteiger partial charge in [-0.2, -0.15) is 30.1 Å². The Morgan fingerprint density at radius 3 is 2.60 bits per heavy atom. The quantitative estimate of drug-likeness (QED) is 0.463. The van der Waals surface area contributed by atoms with Gasteiger partial charge in [-0.3, -0.25) is 9.69 Å². The lowest BCUT2D eigenvalue weighted by molar-refractivity contribution is -0.128. The number of hydrogen-bond acceptors (Lipinski definition) is 10. The molecule has 2 aliphatic heterocycles. The van der Waals surface area contributed by atoms with E-state index >= 15 is 0 Å². The number of carbonyl (C=O) groups is 1. The molecule has 13 heteroatoms. The average molecular weight is 560 g/mol. The SMILES string of the molecule is CC(=O)N1CCC(N2CCN(c3cc(C#N)cc(Nc4nc(NC5CC5)n5ncc(C#N)c5n4)c3Cl)[C@@H](C)C2)C1. The molecule has 3 aromatic rings. The van der Waals surface area contributed by atoms with Crippen LogP contribution in [0.15, 0.2) is 18.3 Å². The molecule has 0 bridgehead atoms. The normalized spacial score (nSPS) is 21.3. The van der Waals surface area contributed by atoms with Crippen molar-refractivity contribution in [2.75, 3.05) is 48.3 Å². The molecule has 40 heavy (non-hydrogen) atoms. The van der Waals surface area contributed by atoms with E-state index in [1.54, 1.807) is 13.0 Å². The molecular formula is C27H30ClN11O. The number of nitrogens with zero attached hydrogens (tertiary/aromatic N) is 9. The Bertz CT molecular complexity index is 1550. The van der Waals surface area contributed by atoms with E-state index in [1.165, 1.54) is 10.7 Å². The molecule has 2 N–H and O–H groups in total. The predicted octanol–water partition coefficient (Wildman–Crippen LogP) is 2.97. The Hall–Kier alpha value is -4.13. The van der Waals surface area contributed by atoms with Crippen molar-refractivity contribution in [3.63, 3.8) is 0 Å². The highest BCUT2D eigenvalue weighted by molar-refractivity contribution is 6.36. The zero-order valence-electron chi connectivity index (χ0n) is 22.4. The Morgan fingerprint density at radius 2 is 1.93 bits per heavy atom. The molecule has 4 heterocycles. The second-order valence-corrected chi connectivity index (χ2v) is 11.1. The number of halogens is 1. The molecule has 1 aliphatic carbocycles. The van der Waals surface area contributed by atoms with E-state index in [1.807, 2.05) is 11.0 Å². The smallest absolute Gasteiger partial charge is 0.232 e. The largest absolute Gasteiger partial charge is 0.365 e. The van der Waals surface area contributed by atoms with Gasteiger partial charge in [0.05, 0.1) is 34.2 Å². The van der Waals surface area contributed by atoms with Gasteiger partial charge in [-0.05, 0) is 38.3 Å². The number of hydrogen-bond donors (Lipinski definition) is 2. The van der Waals surface area contributed by atoms with E-state index in [4.69, 9.17) is 11.6 Å². The lowest BCUT2D eigenvalue weighted by Gasteiger charge is -2.44. The summed E-state index contributed by atoms with van der Waals surface area (Å²) < 4.78 is 1.53. The first kappa shape index (κ1) is 26.1. The summed E-state index contributed by atoms with van der Waals surface area (Å²) in [5, 5.41) is 30.7. The first-order valence-corrected chi connectivity index (χ1v) is 13.9. The zero-order valence-corrected chi connectivity index (χ0v) is 23.2. The van der Waals surface area contributed by atoms with E-state index in [0.717, 1.165) is 57.7 Å². The summed E-state index contributed by atoms with van der Waals surface area (Å²) in [4.78, 5) is 27.6. The van der Waals surface area contributed by atoms with Gasteiger partial charge >= 0.3 is 0 Å². The molecule has 2 atom stereocenters. The van der Waals surface area contributed by atoms with Crippen molar-refractivity contribution in [3.05, 3.63) is 34.5 Å². The Balaban J connectivity index is 1.27. The highest BCUT2D eigenvalue weighted by atomic mass is 35.5. The Kier molecular flexibility index (Phi) is 6.82. The summed E-state index contributed by atoms with van der Waals surface area (Å²) in [6.07, 6.45) is 4.54. The van der Waals surface area contributed by atoms with Crippen LogP contribution in [0.1, 0.15) is 44.2 Å². The minimum Gasteiger partial charge on any atom is -0.365 e. The van der Waals surface area contributed by atoms with Gasteiger partial charge in [0, 0.05) is 57.8 Å². The van der Waals surface area contributed by atoms with Crippen molar-refractivity contribution in [1.82, 2.24) is 29.4 Å². The lowest BCUT2D eigenvalue weighted by atomic mass is 10.1. The van der Waals surface area contributed by atoms with Crippen LogP contribution < -0.4 is 15.5 Å². The maximum atomic E-state index is 11.8. The van der Waals surface area contributed by atoms with Crippen molar-refractivity contribution < 1.29 is 4.79 Å². The molecule has 0 spiro atoms. The molecule has 3 fully saturated rings. The van der Waals surface area contributed by atoms with Crippen LogP contribution in [0.25, 0.3) is 5.65 Å². The molecule has 206 valence electrons.